The lowest BCUT2D eigenvalue weighted by Gasteiger charge is -2.68. The molecule has 3 aromatic rings. The van der Waals surface area contributed by atoms with Crippen molar-refractivity contribution in [2.45, 2.75) is 75.7 Å². The van der Waals surface area contributed by atoms with E-state index < -0.39 is 0 Å². The molecule has 3 fully saturated rings. The number of ether oxygens (including phenoxy) is 3. The summed E-state index contributed by atoms with van der Waals surface area (Å²) in [5.41, 5.74) is 2.66. The first-order chi connectivity index (χ1) is 19.1. The number of methoxy groups -OCH3 is 1. The van der Waals surface area contributed by atoms with Crippen LogP contribution in [0.25, 0.3) is 10.1 Å². The maximum atomic E-state index is 11.0. The number of nitrogens with zero attached hydrogens (tertiary/aromatic N) is 1. The van der Waals surface area contributed by atoms with Crippen molar-refractivity contribution in [2.24, 2.45) is 17.3 Å². The summed E-state index contributed by atoms with van der Waals surface area (Å²) in [5, 5.41) is 12.3. The van der Waals surface area contributed by atoms with E-state index in [9.17, 15) is 5.11 Å². The molecule has 39 heavy (non-hydrogen) atoms. The van der Waals surface area contributed by atoms with Gasteiger partial charge in [-0.1, -0.05) is 31.2 Å². The number of phenolic OH excluding ortho intramolecular Hbond substituents is 1. The molecular weight excluding hydrogens is 506 g/mol. The van der Waals surface area contributed by atoms with Crippen molar-refractivity contribution in [1.82, 2.24) is 4.90 Å². The smallest absolute Gasteiger partial charge is 0.165 e. The van der Waals surface area contributed by atoms with Gasteiger partial charge in [-0.05, 0) is 85.6 Å². The van der Waals surface area contributed by atoms with Gasteiger partial charge in [-0.15, -0.1) is 11.3 Å². The lowest BCUT2D eigenvalue weighted by Crippen LogP contribution is -2.75. The number of phenols is 1. The van der Waals surface area contributed by atoms with Crippen LogP contribution >= 0.6 is 11.3 Å². The van der Waals surface area contributed by atoms with Gasteiger partial charge in [0.1, 0.15) is 6.10 Å². The fourth-order valence-corrected chi connectivity index (χ4v) is 10.4. The Labute approximate surface area is 235 Å². The highest BCUT2D eigenvalue weighted by Gasteiger charge is 2.74. The average Bonchev–Trinajstić information content (AvgIpc) is 3.55. The van der Waals surface area contributed by atoms with Gasteiger partial charge in [0.15, 0.2) is 11.5 Å². The van der Waals surface area contributed by atoms with Gasteiger partial charge in [0.05, 0.1) is 19.3 Å². The van der Waals surface area contributed by atoms with E-state index in [1.54, 1.807) is 0 Å². The van der Waals surface area contributed by atoms with Crippen LogP contribution in [-0.2, 0) is 27.9 Å². The molecule has 2 aliphatic heterocycles. The van der Waals surface area contributed by atoms with E-state index in [1.165, 1.54) is 45.5 Å². The van der Waals surface area contributed by atoms with Crippen molar-refractivity contribution in [1.29, 1.82) is 0 Å². The predicted octanol–water partition coefficient (Wildman–Crippen LogP) is 6.29. The molecule has 2 bridgehead atoms. The first-order valence-corrected chi connectivity index (χ1v) is 15.7. The van der Waals surface area contributed by atoms with E-state index in [4.69, 9.17) is 14.2 Å². The number of hydrogen-bond donors (Lipinski definition) is 1. The third-order valence-corrected chi connectivity index (χ3v) is 12.2. The number of fused-ring (bicyclic) bond motifs is 1. The van der Waals surface area contributed by atoms with Crippen molar-refractivity contribution in [3.8, 4) is 11.5 Å². The molecule has 0 amide bonds. The fourth-order valence-electron chi connectivity index (χ4n) is 9.40. The van der Waals surface area contributed by atoms with Crippen LogP contribution in [0.4, 0.5) is 0 Å². The first kappa shape index (κ1) is 24.7. The number of benzene rings is 2. The molecule has 8 rings (SSSR count). The molecule has 3 aliphatic carbocycles. The molecular formula is C33H39NO4S. The summed E-state index contributed by atoms with van der Waals surface area (Å²) < 4.78 is 21.0. The second-order valence-corrected chi connectivity index (χ2v) is 14.0. The van der Waals surface area contributed by atoms with Gasteiger partial charge in [0, 0.05) is 46.2 Å². The highest BCUT2D eigenvalue weighted by Crippen LogP contribution is 2.71. The minimum absolute atomic E-state index is 0.0690. The molecule has 6 atom stereocenters. The normalized spacial score (nSPS) is 34.7. The third-order valence-electron chi connectivity index (χ3n) is 11.1. The number of piperidine rings is 1. The van der Waals surface area contributed by atoms with Gasteiger partial charge in [0.2, 0.25) is 0 Å². The van der Waals surface area contributed by atoms with Gasteiger partial charge in [-0.25, -0.2) is 0 Å². The van der Waals surface area contributed by atoms with Crippen LogP contribution in [0.3, 0.4) is 0 Å². The zero-order chi connectivity index (χ0) is 26.4. The van der Waals surface area contributed by atoms with Crippen molar-refractivity contribution < 1.29 is 19.3 Å². The second-order valence-electron chi connectivity index (χ2n) is 12.8. The number of hydrogen-bond acceptors (Lipinski definition) is 6. The van der Waals surface area contributed by atoms with Crippen LogP contribution in [0.5, 0.6) is 11.5 Å². The molecule has 1 spiro atoms. The Kier molecular flexibility index (Phi) is 5.65. The Morgan fingerprint density at radius 3 is 2.85 bits per heavy atom. The van der Waals surface area contributed by atoms with Crippen LogP contribution in [0.2, 0.25) is 0 Å². The topological polar surface area (TPSA) is 51.2 Å². The van der Waals surface area contributed by atoms with Crippen molar-refractivity contribution in [3.05, 3.63) is 58.5 Å². The number of likely N-dealkylation sites (tertiary alicyclic amines) is 1. The average molecular weight is 546 g/mol. The van der Waals surface area contributed by atoms with Crippen molar-refractivity contribution in [3.63, 3.8) is 0 Å². The summed E-state index contributed by atoms with van der Waals surface area (Å²) in [5.74, 6) is 2.13. The van der Waals surface area contributed by atoms with Crippen LogP contribution < -0.4 is 4.74 Å². The van der Waals surface area contributed by atoms with E-state index in [1.807, 2.05) is 24.5 Å². The van der Waals surface area contributed by atoms with Crippen LogP contribution in [-0.4, -0.2) is 55.1 Å². The van der Waals surface area contributed by atoms with Gasteiger partial charge < -0.3 is 19.3 Å². The molecule has 5 nitrogen and oxygen atoms in total. The fraction of sp³-hybridized carbons (Fsp3) is 0.576. The zero-order valence-electron chi connectivity index (χ0n) is 23.0. The van der Waals surface area contributed by atoms with Crippen LogP contribution in [0, 0.1) is 17.3 Å². The molecule has 206 valence electrons. The molecule has 1 N–H and O–H groups in total. The Morgan fingerprint density at radius 2 is 2.05 bits per heavy atom. The molecule has 5 aliphatic rings. The Morgan fingerprint density at radius 1 is 1.18 bits per heavy atom. The third kappa shape index (κ3) is 3.41. The largest absolute Gasteiger partial charge is 0.504 e. The SMILES string of the molecule is CC[C@]12C[C@@H](COCc3cc4ccccc4s3)C(OC)[C@@H]3Oc4c(O)ccc5c4[C@@]31CCN(CC1CC1)[C@@H]2C5. The first-order valence-electron chi connectivity index (χ1n) is 14.9. The van der Waals surface area contributed by atoms with E-state index in [0.29, 0.717) is 19.3 Å². The van der Waals surface area contributed by atoms with Gasteiger partial charge in [0.25, 0.3) is 0 Å². The number of aromatic hydroxyl groups is 1. The Hall–Kier alpha value is -2.12. The summed E-state index contributed by atoms with van der Waals surface area (Å²) in [4.78, 5) is 4.12. The zero-order valence-corrected chi connectivity index (χ0v) is 23.8. The van der Waals surface area contributed by atoms with E-state index >= 15 is 0 Å². The Bertz CT molecular complexity index is 1380. The molecule has 1 aromatic heterocycles. The van der Waals surface area contributed by atoms with Crippen molar-refractivity contribution >= 4 is 21.4 Å². The van der Waals surface area contributed by atoms with Gasteiger partial charge in [-0.3, -0.25) is 4.90 Å². The van der Waals surface area contributed by atoms with Crippen LogP contribution in [0.1, 0.15) is 55.0 Å². The summed E-state index contributed by atoms with van der Waals surface area (Å²) in [6, 6.07) is 15.4. The molecule has 2 saturated carbocycles. The molecule has 0 radical (unpaired) electrons. The van der Waals surface area contributed by atoms with E-state index in [-0.39, 0.29) is 34.7 Å². The van der Waals surface area contributed by atoms with Crippen molar-refractivity contribution in [2.75, 3.05) is 26.8 Å². The molecule has 2 aromatic carbocycles. The van der Waals surface area contributed by atoms with E-state index in [2.05, 4.69) is 48.2 Å². The lowest BCUT2D eigenvalue weighted by atomic mass is 9.41. The monoisotopic (exact) mass is 545 g/mol. The lowest BCUT2D eigenvalue weighted by molar-refractivity contribution is -0.199. The van der Waals surface area contributed by atoms with Gasteiger partial charge in [-0.2, -0.15) is 0 Å². The molecule has 6 heteroatoms. The summed E-state index contributed by atoms with van der Waals surface area (Å²) in [6.07, 6.45) is 6.91. The molecule has 3 heterocycles. The van der Waals surface area contributed by atoms with Gasteiger partial charge >= 0.3 is 0 Å². The quantitative estimate of drug-likeness (QED) is 0.360. The summed E-state index contributed by atoms with van der Waals surface area (Å²) in [7, 11) is 1.84. The maximum Gasteiger partial charge on any atom is 0.165 e. The minimum atomic E-state index is -0.114. The molecule has 1 saturated heterocycles. The second kappa shape index (κ2) is 8.94. The minimum Gasteiger partial charge on any atom is -0.504 e. The standard InChI is InChI=1S/C33H39NO4S/c1-3-32-16-23(18-37-19-24-14-21-6-4-5-7-26(21)39-24)29(36-2)31-33(32)12-13-34(17-20-8-9-20)27(32)15-22-10-11-25(35)30(38-31)28(22)33/h4-7,10-11,14,20,23,27,29,31,35H,3,8-9,12-13,15-19H2,1-2H3/t23-,27+,29?,31-,32+,33-/m0/s1. The summed E-state index contributed by atoms with van der Waals surface area (Å²) in [6.45, 7) is 6.04. The molecule has 1 unspecified atom stereocenters. The number of rotatable bonds is 8. The summed E-state index contributed by atoms with van der Waals surface area (Å²) >= 11 is 1.82. The maximum absolute atomic E-state index is 11.0. The number of thiophene rings is 1. The van der Waals surface area contributed by atoms with E-state index in [0.717, 1.165) is 43.9 Å². The highest BCUT2D eigenvalue weighted by molar-refractivity contribution is 7.19. The Balaban J connectivity index is 1.15. The predicted molar refractivity (Wildman–Crippen MR) is 154 cm³/mol. The highest BCUT2D eigenvalue weighted by atomic mass is 32.1. The van der Waals surface area contributed by atoms with Crippen LogP contribution in [0.15, 0.2) is 42.5 Å².